The van der Waals surface area contributed by atoms with Gasteiger partial charge in [0.1, 0.15) is 5.75 Å². The van der Waals surface area contributed by atoms with Gasteiger partial charge in [0.15, 0.2) is 0 Å². The smallest absolute Gasteiger partial charge is 0.123 e. The molecule has 0 heterocycles. The van der Waals surface area contributed by atoms with Crippen LogP contribution in [0.2, 0.25) is 0 Å². The molecule has 2 nitrogen and oxygen atoms in total. The second kappa shape index (κ2) is 4.18. The quantitative estimate of drug-likeness (QED) is 0.781. The Labute approximate surface area is 103 Å². The van der Waals surface area contributed by atoms with Crippen molar-refractivity contribution < 1.29 is 5.11 Å². The molecule has 3 N–H and O–H groups in total. The van der Waals surface area contributed by atoms with Gasteiger partial charge in [-0.25, -0.2) is 0 Å². The van der Waals surface area contributed by atoms with E-state index in [1.807, 2.05) is 31.2 Å². The number of hydrogen-bond acceptors (Lipinski definition) is 2. The zero-order valence-corrected chi connectivity index (χ0v) is 10.5. The summed E-state index contributed by atoms with van der Waals surface area (Å²) in [7, 11) is 0. The third-order valence-electron chi connectivity index (χ3n) is 2.57. The van der Waals surface area contributed by atoms with E-state index in [0.29, 0.717) is 5.69 Å². The standard InChI is InChI=1S/C13H12BrNO/c1-8-6-7-10(13(15)12(8)14)9-4-2-3-5-11(9)16/h2-7,16H,15H2,1H3. The number of aromatic hydroxyl groups is 1. The van der Waals surface area contributed by atoms with E-state index in [9.17, 15) is 5.11 Å². The Kier molecular flexibility index (Phi) is 2.88. The van der Waals surface area contributed by atoms with Gasteiger partial charge in [0.05, 0.1) is 5.69 Å². The molecule has 0 bridgehead atoms. The van der Waals surface area contributed by atoms with Crippen molar-refractivity contribution in [1.82, 2.24) is 0 Å². The van der Waals surface area contributed by atoms with E-state index in [1.54, 1.807) is 12.1 Å². The first kappa shape index (κ1) is 11.0. The highest BCUT2D eigenvalue weighted by Gasteiger charge is 2.10. The first-order chi connectivity index (χ1) is 7.61. The van der Waals surface area contributed by atoms with Crippen LogP contribution in [-0.4, -0.2) is 5.11 Å². The van der Waals surface area contributed by atoms with Crippen LogP contribution in [-0.2, 0) is 0 Å². The van der Waals surface area contributed by atoms with Crippen LogP contribution in [0.5, 0.6) is 5.75 Å². The molecule has 0 fully saturated rings. The number of aryl methyl sites for hydroxylation is 1. The van der Waals surface area contributed by atoms with Crippen molar-refractivity contribution >= 4 is 21.6 Å². The van der Waals surface area contributed by atoms with E-state index >= 15 is 0 Å². The minimum atomic E-state index is 0.241. The number of halogens is 1. The van der Waals surface area contributed by atoms with Crippen LogP contribution in [0.15, 0.2) is 40.9 Å². The Balaban J connectivity index is 2.66. The monoisotopic (exact) mass is 277 g/mol. The summed E-state index contributed by atoms with van der Waals surface area (Å²) in [5.41, 5.74) is 9.35. The molecule has 2 aromatic carbocycles. The molecule has 2 rings (SSSR count). The summed E-state index contributed by atoms with van der Waals surface area (Å²) in [6.45, 7) is 1.98. The van der Waals surface area contributed by atoms with Gasteiger partial charge < -0.3 is 10.8 Å². The normalized spacial score (nSPS) is 10.4. The molecule has 0 unspecified atom stereocenters. The maximum Gasteiger partial charge on any atom is 0.123 e. The maximum atomic E-state index is 9.78. The number of nitrogens with two attached hydrogens (primary N) is 1. The molecule has 0 aliphatic heterocycles. The zero-order chi connectivity index (χ0) is 11.7. The first-order valence-electron chi connectivity index (χ1n) is 4.94. The molecule has 0 aliphatic carbocycles. The number of rotatable bonds is 1. The fourth-order valence-electron chi connectivity index (χ4n) is 1.64. The second-order valence-electron chi connectivity index (χ2n) is 3.67. The molecule has 0 radical (unpaired) electrons. The van der Waals surface area contributed by atoms with Gasteiger partial charge in [-0.3, -0.25) is 0 Å². The average molecular weight is 278 g/mol. The Morgan fingerprint density at radius 1 is 1.06 bits per heavy atom. The number of anilines is 1. The van der Waals surface area contributed by atoms with Gasteiger partial charge in [-0.1, -0.05) is 30.3 Å². The maximum absolute atomic E-state index is 9.78. The van der Waals surface area contributed by atoms with Crippen molar-refractivity contribution in [2.45, 2.75) is 6.92 Å². The molecule has 2 aromatic rings. The number of phenols is 1. The summed E-state index contributed by atoms with van der Waals surface area (Å²) < 4.78 is 0.883. The average Bonchev–Trinajstić information content (AvgIpc) is 2.28. The van der Waals surface area contributed by atoms with Crippen molar-refractivity contribution in [2.24, 2.45) is 0 Å². The predicted octanol–water partition coefficient (Wildman–Crippen LogP) is 3.71. The van der Waals surface area contributed by atoms with Crippen LogP contribution in [0.1, 0.15) is 5.56 Å². The Morgan fingerprint density at radius 2 is 1.75 bits per heavy atom. The van der Waals surface area contributed by atoms with Crippen molar-refractivity contribution in [1.29, 1.82) is 0 Å². The zero-order valence-electron chi connectivity index (χ0n) is 8.87. The van der Waals surface area contributed by atoms with Crippen molar-refractivity contribution in [3.8, 4) is 16.9 Å². The third-order valence-corrected chi connectivity index (χ3v) is 3.62. The predicted molar refractivity (Wildman–Crippen MR) is 70.4 cm³/mol. The summed E-state index contributed by atoms with van der Waals surface area (Å²) in [4.78, 5) is 0. The number of para-hydroxylation sites is 1. The van der Waals surface area contributed by atoms with E-state index in [1.165, 1.54) is 0 Å². The van der Waals surface area contributed by atoms with Crippen molar-refractivity contribution in [2.75, 3.05) is 5.73 Å². The van der Waals surface area contributed by atoms with Crippen molar-refractivity contribution in [3.63, 3.8) is 0 Å². The summed E-state index contributed by atoms with van der Waals surface area (Å²) >= 11 is 3.45. The van der Waals surface area contributed by atoms with E-state index in [0.717, 1.165) is 21.2 Å². The molecule has 0 atom stereocenters. The van der Waals surface area contributed by atoms with Crippen LogP contribution in [0.4, 0.5) is 5.69 Å². The lowest BCUT2D eigenvalue weighted by Gasteiger charge is -2.11. The number of benzene rings is 2. The minimum Gasteiger partial charge on any atom is -0.507 e. The molecule has 3 heteroatoms. The molecule has 0 saturated heterocycles. The second-order valence-corrected chi connectivity index (χ2v) is 4.47. The lowest BCUT2D eigenvalue weighted by Crippen LogP contribution is -1.93. The highest BCUT2D eigenvalue weighted by molar-refractivity contribution is 9.10. The topological polar surface area (TPSA) is 46.2 Å². The lowest BCUT2D eigenvalue weighted by atomic mass is 10.0. The summed E-state index contributed by atoms with van der Waals surface area (Å²) in [6, 6.07) is 11.1. The molecule has 0 aromatic heterocycles. The molecular formula is C13H12BrNO. The Morgan fingerprint density at radius 3 is 2.44 bits per heavy atom. The van der Waals surface area contributed by atoms with Gasteiger partial charge in [-0.15, -0.1) is 0 Å². The van der Waals surface area contributed by atoms with Gasteiger partial charge >= 0.3 is 0 Å². The minimum absolute atomic E-state index is 0.241. The SMILES string of the molecule is Cc1ccc(-c2ccccc2O)c(N)c1Br. The van der Waals surface area contributed by atoms with Crippen LogP contribution in [0.3, 0.4) is 0 Å². The molecular weight excluding hydrogens is 266 g/mol. The highest BCUT2D eigenvalue weighted by Crippen LogP contribution is 2.37. The fourth-order valence-corrected chi connectivity index (χ4v) is 1.98. The van der Waals surface area contributed by atoms with Gasteiger partial charge in [0, 0.05) is 15.6 Å². The Hall–Kier alpha value is -1.48. The summed E-state index contributed by atoms with van der Waals surface area (Å²) in [5, 5.41) is 9.78. The summed E-state index contributed by atoms with van der Waals surface area (Å²) in [5.74, 6) is 0.241. The Bertz CT molecular complexity index is 537. The van der Waals surface area contributed by atoms with Gasteiger partial charge in [0.25, 0.3) is 0 Å². The largest absolute Gasteiger partial charge is 0.507 e. The lowest BCUT2D eigenvalue weighted by molar-refractivity contribution is 0.477. The molecule has 0 spiro atoms. The van der Waals surface area contributed by atoms with E-state index in [2.05, 4.69) is 15.9 Å². The van der Waals surface area contributed by atoms with Crippen LogP contribution < -0.4 is 5.73 Å². The molecule has 0 saturated carbocycles. The number of hydrogen-bond donors (Lipinski definition) is 2. The van der Waals surface area contributed by atoms with Crippen LogP contribution >= 0.6 is 15.9 Å². The number of nitrogen functional groups attached to an aromatic ring is 1. The molecule has 0 aliphatic rings. The first-order valence-corrected chi connectivity index (χ1v) is 5.73. The van der Waals surface area contributed by atoms with E-state index in [-0.39, 0.29) is 5.75 Å². The van der Waals surface area contributed by atoms with E-state index in [4.69, 9.17) is 5.73 Å². The van der Waals surface area contributed by atoms with Gasteiger partial charge in [0.2, 0.25) is 0 Å². The van der Waals surface area contributed by atoms with Crippen LogP contribution in [0.25, 0.3) is 11.1 Å². The van der Waals surface area contributed by atoms with Crippen molar-refractivity contribution in [3.05, 3.63) is 46.4 Å². The molecule has 82 valence electrons. The third kappa shape index (κ3) is 1.78. The van der Waals surface area contributed by atoms with Gasteiger partial charge in [-0.2, -0.15) is 0 Å². The fraction of sp³-hybridized carbons (Fsp3) is 0.0769. The molecule has 16 heavy (non-hydrogen) atoms. The van der Waals surface area contributed by atoms with Crippen LogP contribution in [0, 0.1) is 6.92 Å². The summed E-state index contributed by atoms with van der Waals surface area (Å²) in [6.07, 6.45) is 0. The molecule has 0 amide bonds. The van der Waals surface area contributed by atoms with E-state index < -0.39 is 0 Å². The number of phenolic OH excluding ortho intramolecular Hbond substituents is 1. The highest BCUT2D eigenvalue weighted by atomic mass is 79.9. The van der Waals surface area contributed by atoms with Gasteiger partial charge in [-0.05, 0) is 34.5 Å².